The Morgan fingerprint density at radius 2 is 2.12 bits per heavy atom. The fourth-order valence-corrected chi connectivity index (χ4v) is 3.99. The average molecular weight is 375 g/mol. The Morgan fingerprint density at radius 1 is 1.35 bits per heavy atom. The van der Waals surface area contributed by atoms with Gasteiger partial charge in [-0.25, -0.2) is 0 Å². The van der Waals surface area contributed by atoms with Gasteiger partial charge in [-0.3, -0.25) is 19.8 Å². The number of nitro groups is 1. The van der Waals surface area contributed by atoms with Gasteiger partial charge in [0.05, 0.1) is 24.2 Å². The summed E-state index contributed by atoms with van der Waals surface area (Å²) in [5.74, 6) is -0.291. The number of nitrogens with one attached hydrogen (secondary N) is 1. The van der Waals surface area contributed by atoms with Crippen molar-refractivity contribution in [3.63, 3.8) is 0 Å². The number of thiophene rings is 1. The monoisotopic (exact) mass is 375 g/mol. The minimum absolute atomic E-state index is 0.0411. The summed E-state index contributed by atoms with van der Waals surface area (Å²) >= 11 is 1.66. The summed E-state index contributed by atoms with van der Waals surface area (Å²) in [7, 11) is 0. The maximum atomic E-state index is 12.6. The Hall–Kier alpha value is -2.29. The van der Waals surface area contributed by atoms with Crippen molar-refractivity contribution in [2.45, 2.75) is 13.0 Å². The molecule has 1 aromatic carbocycles. The molecule has 2 heterocycles. The second kappa shape index (κ2) is 8.39. The van der Waals surface area contributed by atoms with Crippen LogP contribution in [0, 0.1) is 17.0 Å². The fourth-order valence-electron chi connectivity index (χ4n) is 3.13. The van der Waals surface area contributed by atoms with Gasteiger partial charge in [-0.05, 0) is 24.4 Å². The number of hydrogen-bond donors (Lipinski definition) is 1. The molecule has 1 fully saturated rings. The summed E-state index contributed by atoms with van der Waals surface area (Å²) in [6.45, 7) is 5.04. The molecule has 1 saturated heterocycles. The number of ether oxygens (including phenoxy) is 1. The molecule has 26 heavy (non-hydrogen) atoms. The smallest absolute Gasteiger partial charge is 0.273 e. The van der Waals surface area contributed by atoms with Crippen molar-refractivity contribution in [1.82, 2.24) is 10.2 Å². The van der Waals surface area contributed by atoms with Gasteiger partial charge in [0, 0.05) is 41.7 Å². The molecule has 7 nitrogen and oxygen atoms in total. The molecular formula is C18H21N3O4S. The number of carbonyl (C=O) groups is 1. The van der Waals surface area contributed by atoms with Crippen LogP contribution in [0.15, 0.2) is 35.7 Å². The van der Waals surface area contributed by atoms with Crippen molar-refractivity contribution in [3.05, 3.63) is 61.8 Å². The number of morpholine rings is 1. The highest BCUT2D eigenvalue weighted by atomic mass is 32.1. The first-order chi connectivity index (χ1) is 12.6. The Kier molecular flexibility index (Phi) is 5.97. The van der Waals surface area contributed by atoms with E-state index in [9.17, 15) is 14.9 Å². The summed E-state index contributed by atoms with van der Waals surface area (Å²) in [6.07, 6.45) is 0. The number of hydrogen-bond acceptors (Lipinski definition) is 6. The molecule has 1 amide bonds. The Balaban J connectivity index is 1.74. The van der Waals surface area contributed by atoms with Gasteiger partial charge in [0.2, 0.25) is 0 Å². The molecule has 1 aromatic heterocycles. The van der Waals surface area contributed by atoms with Gasteiger partial charge in [-0.2, -0.15) is 0 Å². The van der Waals surface area contributed by atoms with Crippen molar-refractivity contribution < 1.29 is 14.5 Å². The molecule has 1 aliphatic rings. The molecule has 0 saturated carbocycles. The zero-order valence-electron chi connectivity index (χ0n) is 14.5. The van der Waals surface area contributed by atoms with Crippen LogP contribution in [0.3, 0.4) is 0 Å². The van der Waals surface area contributed by atoms with E-state index in [0.29, 0.717) is 30.9 Å². The molecule has 0 aliphatic carbocycles. The van der Waals surface area contributed by atoms with Crippen LogP contribution >= 0.6 is 11.3 Å². The molecule has 1 aliphatic heterocycles. The highest BCUT2D eigenvalue weighted by molar-refractivity contribution is 7.10. The zero-order chi connectivity index (χ0) is 18.5. The topological polar surface area (TPSA) is 84.7 Å². The molecule has 0 radical (unpaired) electrons. The lowest BCUT2D eigenvalue weighted by Crippen LogP contribution is -2.43. The van der Waals surface area contributed by atoms with Crippen LogP contribution in [0.5, 0.6) is 0 Å². The molecule has 0 spiro atoms. The van der Waals surface area contributed by atoms with E-state index >= 15 is 0 Å². The van der Waals surface area contributed by atoms with E-state index in [4.69, 9.17) is 4.74 Å². The highest BCUT2D eigenvalue weighted by Gasteiger charge is 2.25. The third-order valence-corrected chi connectivity index (χ3v) is 5.53. The number of amides is 1. The van der Waals surface area contributed by atoms with E-state index < -0.39 is 4.92 Å². The number of benzene rings is 1. The molecule has 3 rings (SSSR count). The fraction of sp³-hybridized carbons (Fsp3) is 0.389. The zero-order valence-corrected chi connectivity index (χ0v) is 15.3. The second-order valence-electron chi connectivity index (χ2n) is 6.10. The van der Waals surface area contributed by atoms with E-state index in [-0.39, 0.29) is 17.6 Å². The van der Waals surface area contributed by atoms with Gasteiger partial charge >= 0.3 is 0 Å². The molecule has 1 unspecified atom stereocenters. The minimum atomic E-state index is -0.464. The van der Waals surface area contributed by atoms with Crippen LogP contribution in [0.25, 0.3) is 0 Å². The standard InChI is InChI=1S/C18H21N3O4S/c1-13-14(4-2-5-15(13)21(23)24)18(22)19-12-16(17-6-3-11-26-17)20-7-9-25-10-8-20/h2-6,11,16H,7-10,12H2,1H3,(H,19,22). The number of rotatable bonds is 6. The summed E-state index contributed by atoms with van der Waals surface area (Å²) in [4.78, 5) is 26.7. The summed E-state index contributed by atoms with van der Waals surface area (Å²) < 4.78 is 5.42. The van der Waals surface area contributed by atoms with Gasteiger partial charge in [0.15, 0.2) is 0 Å². The molecule has 1 N–H and O–H groups in total. The van der Waals surface area contributed by atoms with Crippen LogP contribution in [0.1, 0.15) is 26.8 Å². The molecule has 2 aromatic rings. The Labute approximate surface area is 155 Å². The van der Waals surface area contributed by atoms with E-state index in [1.54, 1.807) is 30.4 Å². The normalized spacial score (nSPS) is 16.2. The molecule has 1 atom stereocenters. The Bertz CT molecular complexity index is 773. The van der Waals surface area contributed by atoms with E-state index in [1.165, 1.54) is 10.9 Å². The predicted molar refractivity (Wildman–Crippen MR) is 99.6 cm³/mol. The molecule has 8 heteroatoms. The average Bonchev–Trinajstić information content (AvgIpc) is 3.17. The molecule has 138 valence electrons. The van der Waals surface area contributed by atoms with Gasteiger partial charge in [0.25, 0.3) is 11.6 Å². The van der Waals surface area contributed by atoms with Crippen molar-refractivity contribution >= 4 is 22.9 Å². The first-order valence-corrected chi connectivity index (χ1v) is 9.33. The Morgan fingerprint density at radius 3 is 2.77 bits per heavy atom. The molecular weight excluding hydrogens is 354 g/mol. The summed E-state index contributed by atoms with van der Waals surface area (Å²) in [6, 6.07) is 8.71. The highest BCUT2D eigenvalue weighted by Crippen LogP contribution is 2.26. The lowest BCUT2D eigenvalue weighted by molar-refractivity contribution is -0.385. The predicted octanol–water partition coefficient (Wildman–Crippen LogP) is 2.77. The first kappa shape index (κ1) is 18.5. The largest absolute Gasteiger partial charge is 0.379 e. The third-order valence-electron chi connectivity index (χ3n) is 4.56. The van der Waals surface area contributed by atoms with Crippen molar-refractivity contribution in [1.29, 1.82) is 0 Å². The summed E-state index contributed by atoms with van der Waals surface area (Å²) in [5.41, 5.74) is 0.681. The molecule has 0 bridgehead atoms. The quantitative estimate of drug-likeness (QED) is 0.620. The third kappa shape index (κ3) is 4.09. The van der Waals surface area contributed by atoms with E-state index in [2.05, 4.69) is 16.3 Å². The lowest BCUT2D eigenvalue weighted by atomic mass is 10.1. The van der Waals surface area contributed by atoms with Crippen LogP contribution in [0.2, 0.25) is 0 Å². The maximum Gasteiger partial charge on any atom is 0.273 e. The van der Waals surface area contributed by atoms with Gasteiger partial charge in [-0.15, -0.1) is 11.3 Å². The minimum Gasteiger partial charge on any atom is -0.379 e. The number of carbonyl (C=O) groups excluding carboxylic acids is 1. The first-order valence-electron chi connectivity index (χ1n) is 8.45. The van der Waals surface area contributed by atoms with Crippen molar-refractivity contribution in [3.8, 4) is 0 Å². The van der Waals surface area contributed by atoms with Crippen molar-refractivity contribution in [2.75, 3.05) is 32.8 Å². The van der Waals surface area contributed by atoms with Crippen LogP contribution in [-0.4, -0.2) is 48.6 Å². The van der Waals surface area contributed by atoms with Crippen molar-refractivity contribution in [2.24, 2.45) is 0 Å². The van der Waals surface area contributed by atoms with Crippen LogP contribution in [-0.2, 0) is 4.74 Å². The SMILES string of the molecule is Cc1c(C(=O)NCC(c2cccs2)N2CCOCC2)cccc1[N+](=O)[O-]. The van der Waals surface area contributed by atoms with Gasteiger partial charge in [0.1, 0.15) is 0 Å². The number of nitro benzene ring substituents is 1. The van der Waals surface area contributed by atoms with Gasteiger partial charge in [-0.1, -0.05) is 12.1 Å². The van der Waals surface area contributed by atoms with Gasteiger partial charge < -0.3 is 10.1 Å². The second-order valence-corrected chi connectivity index (χ2v) is 7.08. The number of nitrogens with zero attached hydrogens (tertiary/aromatic N) is 2. The summed E-state index contributed by atoms with van der Waals surface area (Å²) in [5, 5.41) is 16.1. The van der Waals surface area contributed by atoms with Crippen LogP contribution < -0.4 is 5.32 Å². The van der Waals surface area contributed by atoms with Crippen LogP contribution in [0.4, 0.5) is 5.69 Å². The maximum absolute atomic E-state index is 12.6. The van der Waals surface area contributed by atoms with E-state index in [1.807, 2.05) is 11.4 Å². The lowest BCUT2D eigenvalue weighted by Gasteiger charge is -2.34. The van der Waals surface area contributed by atoms with E-state index in [0.717, 1.165) is 13.1 Å².